The van der Waals surface area contributed by atoms with Gasteiger partial charge in [0, 0.05) is 15.4 Å². The number of halogens is 1. The lowest BCUT2D eigenvalue weighted by molar-refractivity contribution is -0.130. The van der Waals surface area contributed by atoms with Crippen LogP contribution in [0, 0.1) is 0 Å². The Morgan fingerprint density at radius 1 is 0.929 bits per heavy atom. The first-order chi connectivity index (χ1) is 20.4. The van der Waals surface area contributed by atoms with Crippen LogP contribution in [0.3, 0.4) is 0 Å². The molecule has 0 amide bonds. The second kappa shape index (κ2) is 15.8. The number of aliphatic carboxylic acids is 1. The van der Waals surface area contributed by atoms with Crippen LogP contribution >= 0.6 is 27.3 Å². The molecule has 0 bridgehead atoms. The molecule has 2 heterocycles. The summed E-state index contributed by atoms with van der Waals surface area (Å²) in [4.78, 5) is 13.1. The minimum absolute atomic E-state index is 0.0932. The molecular formula is C34H41BrN2O4S. The van der Waals surface area contributed by atoms with Gasteiger partial charge in [0.2, 0.25) is 0 Å². The highest BCUT2D eigenvalue weighted by molar-refractivity contribution is 9.10. The van der Waals surface area contributed by atoms with Crippen molar-refractivity contribution in [1.29, 1.82) is 0 Å². The van der Waals surface area contributed by atoms with E-state index in [9.17, 15) is 9.90 Å². The molecule has 2 N–H and O–H groups in total. The molecule has 1 aliphatic heterocycles. The topological polar surface area (TPSA) is 71.0 Å². The van der Waals surface area contributed by atoms with Crippen LogP contribution in [0.25, 0.3) is 11.3 Å². The molecule has 6 nitrogen and oxygen atoms in total. The number of nitrogens with one attached hydrogen (secondary N) is 1. The van der Waals surface area contributed by atoms with Gasteiger partial charge in [0.15, 0.2) is 0 Å². The number of nitrogens with zero attached hydrogens (tertiary/aromatic N) is 1. The van der Waals surface area contributed by atoms with Crippen molar-refractivity contribution in [3.63, 3.8) is 0 Å². The van der Waals surface area contributed by atoms with E-state index in [-0.39, 0.29) is 11.6 Å². The first-order valence-electron chi connectivity index (χ1n) is 14.9. The van der Waals surface area contributed by atoms with Crippen molar-refractivity contribution < 1.29 is 19.4 Å². The highest BCUT2D eigenvalue weighted by Gasteiger charge is 2.29. The van der Waals surface area contributed by atoms with Crippen molar-refractivity contribution in [1.82, 2.24) is 5.43 Å². The summed E-state index contributed by atoms with van der Waals surface area (Å²) in [5.41, 5.74) is 6.61. The van der Waals surface area contributed by atoms with Crippen LogP contribution in [-0.2, 0) is 4.79 Å². The number of thiophene rings is 1. The van der Waals surface area contributed by atoms with Gasteiger partial charge in [0.05, 0.1) is 41.1 Å². The summed E-state index contributed by atoms with van der Waals surface area (Å²) >= 11 is 4.96. The van der Waals surface area contributed by atoms with Crippen LogP contribution < -0.4 is 19.9 Å². The summed E-state index contributed by atoms with van der Waals surface area (Å²) in [6, 6.07) is 18.0. The van der Waals surface area contributed by atoms with E-state index in [1.807, 2.05) is 30.3 Å². The van der Waals surface area contributed by atoms with E-state index in [2.05, 4.69) is 77.1 Å². The number of carbonyl (C=O) groups is 1. The minimum atomic E-state index is -1.01. The first kappa shape index (κ1) is 31.7. The van der Waals surface area contributed by atoms with Crippen LogP contribution in [0.5, 0.6) is 11.5 Å². The van der Waals surface area contributed by atoms with E-state index >= 15 is 0 Å². The average Bonchev–Trinajstić information content (AvgIpc) is 3.65. The summed E-state index contributed by atoms with van der Waals surface area (Å²) in [7, 11) is 0. The fourth-order valence-corrected chi connectivity index (χ4v) is 6.01. The van der Waals surface area contributed by atoms with Crippen molar-refractivity contribution in [3.8, 4) is 11.5 Å². The molecule has 1 unspecified atom stereocenters. The quantitative estimate of drug-likeness (QED) is 0.112. The molecule has 0 fully saturated rings. The number of hydrazine groups is 1. The Morgan fingerprint density at radius 2 is 1.55 bits per heavy atom. The zero-order chi connectivity index (χ0) is 29.9. The fraction of sp³-hybridized carbons (Fsp3) is 0.382. The van der Waals surface area contributed by atoms with Gasteiger partial charge in [-0.1, -0.05) is 74.9 Å². The molecule has 1 aromatic heterocycles. The van der Waals surface area contributed by atoms with Crippen LogP contribution in [0.4, 0.5) is 5.69 Å². The summed E-state index contributed by atoms with van der Waals surface area (Å²) < 4.78 is 13.5. The second-order valence-corrected chi connectivity index (χ2v) is 12.5. The van der Waals surface area contributed by atoms with Crippen molar-refractivity contribution in [2.75, 3.05) is 18.2 Å². The van der Waals surface area contributed by atoms with Gasteiger partial charge in [-0.3, -0.25) is 10.4 Å². The number of hydrogen-bond donors (Lipinski definition) is 2. The lowest BCUT2D eigenvalue weighted by Crippen LogP contribution is -2.33. The Bertz CT molecular complexity index is 1340. The van der Waals surface area contributed by atoms with Crippen LogP contribution in [0.2, 0.25) is 0 Å². The van der Waals surface area contributed by atoms with E-state index < -0.39 is 5.97 Å². The van der Waals surface area contributed by atoms with E-state index in [0.29, 0.717) is 18.1 Å². The lowest BCUT2D eigenvalue weighted by atomic mass is 10.0. The van der Waals surface area contributed by atoms with Gasteiger partial charge in [-0.2, -0.15) is 0 Å². The van der Waals surface area contributed by atoms with Crippen LogP contribution in [-0.4, -0.2) is 24.3 Å². The number of unbranched alkanes of at least 4 members (excludes halogenated alkanes) is 6. The SMILES string of the molecule is C=C(C(=O)O)c1ccc(C2=CC(c3cc(OCCCCCC)cc(OCCCCCC)c3)N(c3ccc(Br)cc3)N2)s1. The van der Waals surface area contributed by atoms with Crippen molar-refractivity contribution in [2.24, 2.45) is 0 Å². The predicted octanol–water partition coefficient (Wildman–Crippen LogP) is 9.63. The Labute approximate surface area is 262 Å². The van der Waals surface area contributed by atoms with Crippen molar-refractivity contribution >= 4 is 50.2 Å². The van der Waals surface area contributed by atoms with Gasteiger partial charge in [-0.05, 0) is 73.0 Å². The maximum atomic E-state index is 11.5. The van der Waals surface area contributed by atoms with Gasteiger partial charge < -0.3 is 14.6 Å². The molecule has 224 valence electrons. The molecular weight excluding hydrogens is 612 g/mol. The molecule has 0 saturated carbocycles. The summed E-state index contributed by atoms with van der Waals surface area (Å²) in [5, 5.41) is 11.5. The normalized spacial score (nSPS) is 14.4. The fourth-order valence-electron chi connectivity index (χ4n) is 4.80. The second-order valence-electron chi connectivity index (χ2n) is 10.5. The Hall–Kier alpha value is -3.23. The molecule has 1 aliphatic rings. The molecule has 3 aromatic rings. The van der Waals surface area contributed by atoms with E-state index in [1.165, 1.54) is 37.0 Å². The van der Waals surface area contributed by atoms with Crippen LogP contribution in [0.15, 0.2) is 71.7 Å². The maximum absolute atomic E-state index is 11.5. The van der Waals surface area contributed by atoms with E-state index in [0.717, 1.165) is 63.5 Å². The highest BCUT2D eigenvalue weighted by Crippen LogP contribution is 2.40. The van der Waals surface area contributed by atoms with Gasteiger partial charge in [0.1, 0.15) is 11.5 Å². The highest BCUT2D eigenvalue weighted by atomic mass is 79.9. The van der Waals surface area contributed by atoms with Gasteiger partial charge in [-0.25, -0.2) is 4.79 Å². The molecule has 0 saturated heterocycles. The zero-order valence-corrected chi connectivity index (χ0v) is 26.9. The molecule has 4 rings (SSSR count). The number of carboxylic acids is 1. The number of ether oxygens (including phenoxy) is 2. The van der Waals surface area contributed by atoms with E-state index in [1.54, 1.807) is 0 Å². The van der Waals surface area contributed by atoms with Gasteiger partial charge in [-0.15, -0.1) is 11.3 Å². The van der Waals surface area contributed by atoms with Crippen molar-refractivity contribution in [2.45, 2.75) is 71.3 Å². The Kier molecular flexibility index (Phi) is 12.0. The van der Waals surface area contributed by atoms with E-state index in [4.69, 9.17) is 9.47 Å². The standard InChI is InChI=1S/C34H41BrN2O4S/c1-4-6-8-10-18-40-28-20-25(21-29(22-28)41-19-11-9-7-5-2)31-23-30(33-17-16-32(42-33)24(3)34(38)39)36-37(31)27-14-12-26(35)13-15-27/h12-17,20-23,31,36H,3-11,18-19H2,1-2H3,(H,38,39). The first-order valence-corrected chi connectivity index (χ1v) is 16.5. The average molecular weight is 654 g/mol. The number of anilines is 1. The summed E-state index contributed by atoms with van der Waals surface area (Å²) in [6.45, 7) is 9.49. The predicted molar refractivity (Wildman–Crippen MR) is 177 cm³/mol. The molecule has 1 atom stereocenters. The minimum Gasteiger partial charge on any atom is -0.493 e. The summed E-state index contributed by atoms with van der Waals surface area (Å²) in [5.74, 6) is 0.600. The maximum Gasteiger partial charge on any atom is 0.336 e. The molecule has 0 spiro atoms. The van der Waals surface area contributed by atoms with Crippen LogP contribution in [0.1, 0.15) is 86.6 Å². The van der Waals surface area contributed by atoms with Crippen molar-refractivity contribution in [3.05, 3.63) is 87.0 Å². The number of carboxylic acid groups (broad SMARTS) is 1. The monoisotopic (exact) mass is 652 g/mol. The largest absolute Gasteiger partial charge is 0.493 e. The molecule has 2 aromatic carbocycles. The molecule has 8 heteroatoms. The Morgan fingerprint density at radius 3 is 2.12 bits per heavy atom. The third kappa shape index (κ3) is 8.65. The van der Waals surface area contributed by atoms with Gasteiger partial charge in [0.25, 0.3) is 0 Å². The van der Waals surface area contributed by atoms with Gasteiger partial charge >= 0.3 is 5.97 Å². The third-order valence-corrected chi connectivity index (χ3v) is 8.86. The third-order valence-electron chi connectivity index (χ3n) is 7.15. The number of hydrogen-bond acceptors (Lipinski definition) is 6. The molecule has 0 aliphatic carbocycles. The number of benzene rings is 2. The summed E-state index contributed by atoms with van der Waals surface area (Å²) in [6.07, 6.45) is 11.3. The number of rotatable bonds is 17. The smallest absolute Gasteiger partial charge is 0.336 e. The Balaban J connectivity index is 1.66. The molecule has 42 heavy (non-hydrogen) atoms. The zero-order valence-electron chi connectivity index (χ0n) is 24.5. The molecule has 0 radical (unpaired) electrons. The lowest BCUT2D eigenvalue weighted by Gasteiger charge is -2.28.